The van der Waals surface area contributed by atoms with E-state index in [9.17, 15) is 0 Å². The molecule has 1 atom stereocenters. The first-order valence-electron chi connectivity index (χ1n) is 6.25. The molecule has 1 aliphatic carbocycles. The Hall–Kier alpha value is -0.980. The van der Waals surface area contributed by atoms with Gasteiger partial charge < -0.3 is 0 Å². The molecule has 18 heavy (non-hydrogen) atoms. The van der Waals surface area contributed by atoms with Crippen molar-refractivity contribution in [1.82, 2.24) is 0 Å². The monoisotopic (exact) mass is 276 g/mol. The highest BCUT2D eigenvalue weighted by Crippen LogP contribution is 2.32. The van der Waals surface area contributed by atoms with Gasteiger partial charge in [0.15, 0.2) is 0 Å². The van der Waals surface area contributed by atoms with Crippen molar-refractivity contribution in [2.24, 2.45) is 0 Å². The van der Waals surface area contributed by atoms with Crippen LogP contribution in [0.15, 0.2) is 42.5 Å². The lowest BCUT2D eigenvalue weighted by molar-refractivity contribution is 0.911. The van der Waals surface area contributed by atoms with Gasteiger partial charge in [-0.2, -0.15) is 0 Å². The van der Waals surface area contributed by atoms with E-state index >= 15 is 0 Å². The highest BCUT2D eigenvalue weighted by atomic mass is 35.5. The van der Waals surface area contributed by atoms with E-state index in [-0.39, 0.29) is 5.38 Å². The molecule has 0 fully saturated rings. The molecule has 0 bridgehead atoms. The summed E-state index contributed by atoms with van der Waals surface area (Å²) in [4.78, 5) is 0. The van der Waals surface area contributed by atoms with E-state index in [2.05, 4.69) is 18.2 Å². The van der Waals surface area contributed by atoms with Crippen LogP contribution in [0.25, 0.3) is 0 Å². The van der Waals surface area contributed by atoms with Gasteiger partial charge in [-0.25, -0.2) is 0 Å². The summed E-state index contributed by atoms with van der Waals surface area (Å²) in [5.41, 5.74) is 5.23. The van der Waals surface area contributed by atoms with Gasteiger partial charge in [0.2, 0.25) is 0 Å². The number of hydrogen-bond acceptors (Lipinski definition) is 0. The van der Waals surface area contributed by atoms with E-state index in [1.807, 2.05) is 24.3 Å². The fraction of sp³-hybridized carbons (Fsp3) is 0.250. The molecule has 3 rings (SSSR count). The molecule has 0 spiro atoms. The molecule has 2 heteroatoms. The minimum Gasteiger partial charge on any atom is -0.113 e. The van der Waals surface area contributed by atoms with Gasteiger partial charge in [0, 0.05) is 5.02 Å². The third-order valence-corrected chi connectivity index (χ3v) is 4.33. The summed E-state index contributed by atoms with van der Waals surface area (Å²) < 4.78 is 0. The minimum absolute atomic E-state index is 0.0897. The van der Waals surface area contributed by atoms with Gasteiger partial charge in [0.1, 0.15) is 0 Å². The van der Waals surface area contributed by atoms with Crippen LogP contribution in [0.5, 0.6) is 0 Å². The number of hydrogen-bond donors (Lipinski definition) is 0. The maximum Gasteiger partial charge on any atom is 0.0835 e. The second kappa shape index (κ2) is 4.95. The van der Waals surface area contributed by atoms with E-state index in [0.29, 0.717) is 0 Å². The number of fused-ring (bicyclic) bond motifs is 1. The quantitative estimate of drug-likeness (QED) is 0.665. The Balaban J connectivity index is 1.92. The lowest BCUT2D eigenvalue weighted by Gasteiger charge is -2.12. The highest BCUT2D eigenvalue weighted by molar-refractivity contribution is 6.30. The summed E-state index contributed by atoms with van der Waals surface area (Å²) in [5, 5.41) is 0.657. The fourth-order valence-corrected chi connectivity index (χ4v) is 2.98. The van der Waals surface area contributed by atoms with Crippen molar-refractivity contribution in [2.75, 3.05) is 0 Å². The smallest absolute Gasteiger partial charge is 0.0835 e. The summed E-state index contributed by atoms with van der Waals surface area (Å²) in [6, 6.07) is 14.4. The van der Waals surface area contributed by atoms with Gasteiger partial charge in [-0.1, -0.05) is 41.9 Å². The largest absolute Gasteiger partial charge is 0.113 e. The van der Waals surface area contributed by atoms with Crippen molar-refractivity contribution in [3.8, 4) is 0 Å². The number of benzene rings is 2. The minimum atomic E-state index is -0.0897. The van der Waals surface area contributed by atoms with Crippen molar-refractivity contribution in [3.05, 3.63) is 69.7 Å². The first-order valence-corrected chi connectivity index (χ1v) is 7.07. The summed E-state index contributed by atoms with van der Waals surface area (Å²) >= 11 is 12.4. The Morgan fingerprint density at radius 1 is 0.833 bits per heavy atom. The van der Waals surface area contributed by atoms with Crippen LogP contribution in [-0.4, -0.2) is 0 Å². The van der Waals surface area contributed by atoms with Gasteiger partial charge in [0.25, 0.3) is 0 Å². The molecule has 0 radical (unpaired) electrons. The first kappa shape index (κ1) is 12.1. The van der Waals surface area contributed by atoms with E-state index in [4.69, 9.17) is 23.2 Å². The Kier molecular flexibility index (Phi) is 3.32. The SMILES string of the molecule is Clc1ccc(C(Cl)c2ccc3c(c2)CCC3)cc1. The molecule has 0 saturated carbocycles. The molecule has 0 nitrogen and oxygen atoms in total. The third kappa shape index (κ3) is 2.28. The van der Waals surface area contributed by atoms with Crippen LogP contribution < -0.4 is 0 Å². The van der Waals surface area contributed by atoms with E-state index in [0.717, 1.165) is 10.6 Å². The van der Waals surface area contributed by atoms with Crippen LogP contribution in [0.2, 0.25) is 5.02 Å². The van der Waals surface area contributed by atoms with Gasteiger partial charge in [-0.15, -0.1) is 11.6 Å². The van der Waals surface area contributed by atoms with E-state index in [1.165, 1.54) is 36.0 Å². The van der Waals surface area contributed by atoms with Crippen LogP contribution in [-0.2, 0) is 12.8 Å². The Morgan fingerprint density at radius 2 is 1.50 bits per heavy atom. The lowest BCUT2D eigenvalue weighted by Crippen LogP contribution is -1.95. The molecule has 0 aromatic heterocycles. The van der Waals surface area contributed by atoms with E-state index in [1.54, 1.807) is 0 Å². The van der Waals surface area contributed by atoms with Gasteiger partial charge in [-0.3, -0.25) is 0 Å². The normalized spacial score (nSPS) is 15.4. The molecular formula is C16H14Cl2. The zero-order valence-electron chi connectivity index (χ0n) is 10.00. The summed E-state index contributed by atoms with van der Waals surface area (Å²) in [6.45, 7) is 0. The average Bonchev–Trinajstić information content (AvgIpc) is 2.86. The van der Waals surface area contributed by atoms with Crippen molar-refractivity contribution < 1.29 is 0 Å². The van der Waals surface area contributed by atoms with Crippen molar-refractivity contribution in [1.29, 1.82) is 0 Å². The van der Waals surface area contributed by atoms with Gasteiger partial charge in [0.05, 0.1) is 5.38 Å². The zero-order valence-corrected chi connectivity index (χ0v) is 11.5. The third-order valence-electron chi connectivity index (χ3n) is 3.58. The number of aryl methyl sites for hydroxylation is 2. The maximum absolute atomic E-state index is 6.54. The zero-order chi connectivity index (χ0) is 12.5. The molecule has 0 aliphatic heterocycles. The average molecular weight is 277 g/mol. The van der Waals surface area contributed by atoms with E-state index < -0.39 is 0 Å². The van der Waals surface area contributed by atoms with Crippen LogP contribution >= 0.6 is 23.2 Å². The fourth-order valence-electron chi connectivity index (χ4n) is 2.57. The first-order chi connectivity index (χ1) is 8.74. The van der Waals surface area contributed by atoms with Crippen molar-refractivity contribution in [2.45, 2.75) is 24.6 Å². The predicted octanol–water partition coefficient (Wildman–Crippen LogP) is 5.16. The molecule has 0 heterocycles. The topological polar surface area (TPSA) is 0 Å². The number of alkyl halides is 1. The summed E-state index contributed by atoms with van der Waals surface area (Å²) in [6.07, 6.45) is 3.67. The standard InChI is InChI=1S/C16H14Cl2/c17-15-8-6-12(7-9-15)16(18)14-5-4-11-2-1-3-13(11)10-14/h4-10,16H,1-3H2. The molecule has 0 amide bonds. The summed E-state index contributed by atoms with van der Waals surface area (Å²) in [5.74, 6) is 0. The van der Waals surface area contributed by atoms with Gasteiger partial charge >= 0.3 is 0 Å². The van der Waals surface area contributed by atoms with Crippen LogP contribution in [0, 0.1) is 0 Å². The molecule has 2 aromatic rings. The number of rotatable bonds is 2. The van der Waals surface area contributed by atoms with Crippen molar-refractivity contribution in [3.63, 3.8) is 0 Å². The van der Waals surface area contributed by atoms with Crippen LogP contribution in [0.1, 0.15) is 34.1 Å². The Morgan fingerprint density at radius 3 is 2.28 bits per heavy atom. The second-order valence-electron chi connectivity index (χ2n) is 4.80. The lowest BCUT2D eigenvalue weighted by atomic mass is 10.00. The van der Waals surface area contributed by atoms with Crippen molar-refractivity contribution >= 4 is 23.2 Å². The van der Waals surface area contributed by atoms with Crippen LogP contribution in [0.3, 0.4) is 0 Å². The molecule has 0 N–H and O–H groups in total. The van der Waals surface area contributed by atoms with Crippen LogP contribution in [0.4, 0.5) is 0 Å². The number of halogens is 2. The summed E-state index contributed by atoms with van der Waals surface area (Å²) in [7, 11) is 0. The Labute approximate surface area is 118 Å². The molecule has 92 valence electrons. The Bertz CT molecular complexity index is 558. The molecule has 1 unspecified atom stereocenters. The van der Waals surface area contributed by atoms with Gasteiger partial charge in [-0.05, 0) is 53.6 Å². The highest BCUT2D eigenvalue weighted by Gasteiger charge is 2.15. The second-order valence-corrected chi connectivity index (χ2v) is 5.67. The predicted molar refractivity (Wildman–Crippen MR) is 77.6 cm³/mol. The molecular weight excluding hydrogens is 263 g/mol. The molecule has 2 aromatic carbocycles. The molecule has 1 aliphatic rings. The maximum atomic E-state index is 6.54. The molecule has 0 saturated heterocycles.